The highest BCUT2D eigenvalue weighted by Crippen LogP contribution is 2.04. The second-order valence-electron chi connectivity index (χ2n) is 4.13. The minimum absolute atomic E-state index is 0.640. The number of hydrogen-bond donors (Lipinski definition) is 1. The summed E-state index contributed by atoms with van der Waals surface area (Å²) in [6, 6.07) is 0.640. The molecule has 0 spiro atoms. The third-order valence-corrected chi connectivity index (χ3v) is 2.69. The molecule has 1 atom stereocenters. The Bertz CT molecular complexity index is 145. The van der Waals surface area contributed by atoms with Crippen molar-refractivity contribution in [2.24, 2.45) is 0 Å². The van der Waals surface area contributed by atoms with Crippen molar-refractivity contribution < 1.29 is 14.2 Å². The highest BCUT2D eigenvalue weighted by molar-refractivity contribution is 4.62. The van der Waals surface area contributed by atoms with E-state index in [2.05, 4.69) is 12.2 Å². The predicted molar refractivity (Wildman–Crippen MR) is 70.5 cm³/mol. The molecule has 0 rings (SSSR count). The fourth-order valence-corrected chi connectivity index (χ4v) is 1.68. The molecule has 1 unspecified atom stereocenters. The van der Waals surface area contributed by atoms with Crippen LogP contribution in [0.1, 0.15) is 32.6 Å². The van der Waals surface area contributed by atoms with Gasteiger partial charge in [-0.2, -0.15) is 0 Å². The lowest BCUT2D eigenvalue weighted by Crippen LogP contribution is -2.25. The molecule has 0 aliphatic carbocycles. The third kappa shape index (κ3) is 12.1. The molecule has 0 aromatic rings. The maximum atomic E-state index is 5.49. The summed E-state index contributed by atoms with van der Waals surface area (Å²) in [4.78, 5) is 0. The molecule has 0 saturated heterocycles. The molecule has 0 aromatic heterocycles. The van der Waals surface area contributed by atoms with Crippen LogP contribution < -0.4 is 5.32 Å². The van der Waals surface area contributed by atoms with Crippen molar-refractivity contribution in [2.75, 3.05) is 47.2 Å². The van der Waals surface area contributed by atoms with Crippen LogP contribution in [0.25, 0.3) is 0 Å². The summed E-state index contributed by atoms with van der Waals surface area (Å²) in [5, 5.41) is 3.33. The second kappa shape index (κ2) is 13.9. The molecule has 104 valence electrons. The molecule has 4 heteroatoms. The van der Waals surface area contributed by atoms with E-state index in [4.69, 9.17) is 14.2 Å². The topological polar surface area (TPSA) is 39.7 Å². The van der Waals surface area contributed by atoms with Gasteiger partial charge in [0.2, 0.25) is 0 Å². The lowest BCUT2D eigenvalue weighted by molar-refractivity contribution is 0.0236. The Kier molecular flexibility index (Phi) is 13.8. The van der Waals surface area contributed by atoms with Crippen LogP contribution in [0.5, 0.6) is 0 Å². The monoisotopic (exact) mass is 247 g/mol. The van der Waals surface area contributed by atoms with Crippen LogP contribution in [-0.2, 0) is 14.2 Å². The van der Waals surface area contributed by atoms with Crippen LogP contribution in [0.15, 0.2) is 0 Å². The van der Waals surface area contributed by atoms with Crippen LogP contribution in [0.3, 0.4) is 0 Å². The zero-order chi connectivity index (χ0) is 12.8. The van der Waals surface area contributed by atoms with Gasteiger partial charge in [0.1, 0.15) is 0 Å². The minimum Gasteiger partial charge on any atom is -0.382 e. The van der Waals surface area contributed by atoms with Gasteiger partial charge < -0.3 is 19.5 Å². The van der Waals surface area contributed by atoms with Gasteiger partial charge in [0.15, 0.2) is 0 Å². The molecular formula is C13H29NO3. The van der Waals surface area contributed by atoms with Crippen molar-refractivity contribution in [2.45, 2.75) is 38.6 Å². The van der Waals surface area contributed by atoms with Gasteiger partial charge in [0.25, 0.3) is 0 Å². The Morgan fingerprint density at radius 3 is 2.18 bits per heavy atom. The number of methoxy groups -OCH3 is 1. The molecule has 0 fully saturated rings. The van der Waals surface area contributed by atoms with Gasteiger partial charge in [-0.05, 0) is 26.3 Å². The second-order valence-corrected chi connectivity index (χ2v) is 4.13. The highest BCUT2D eigenvalue weighted by Gasteiger charge is 2.03. The fourth-order valence-electron chi connectivity index (χ4n) is 1.68. The number of rotatable bonds is 13. The first-order chi connectivity index (χ1) is 8.35. The molecule has 0 heterocycles. The summed E-state index contributed by atoms with van der Waals surface area (Å²) in [5.41, 5.74) is 0. The Hall–Kier alpha value is -0.160. The van der Waals surface area contributed by atoms with Gasteiger partial charge >= 0.3 is 0 Å². The zero-order valence-electron chi connectivity index (χ0n) is 11.7. The molecule has 0 aromatic carbocycles. The van der Waals surface area contributed by atoms with Crippen LogP contribution in [0.4, 0.5) is 0 Å². The van der Waals surface area contributed by atoms with Gasteiger partial charge in [0, 0.05) is 19.8 Å². The van der Waals surface area contributed by atoms with E-state index in [0.29, 0.717) is 32.5 Å². The van der Waals surface area contributed by atoms with Gasteiger partial charge in [-0.25, -0.2) is 0 Å². The summed E-state index contributed by atoms with van der Waals surface area (Å²) in [6.07, 6.45) is 4.79. The first kappa shape index (κ1) is 16.8. The SMILES string of the molecule is CCCC(CCCOCCOCCOC)NC. The number of hydrogen-bond acceptors (Lipinski definition) is 4. The minimum atomic E-state index is 0.640. The van der Waals surface area contributed by atoms with E-state index in [0.717, 1.165) is 13.0 Å². The van der Waals surface area contributed by atoms with Gasteiger partial charge in [-0.3, -0.25) is 0 Å². The third-order valence-electron chi connectivity index (χ3n) is 2.69. The van der Waals surface area contributed by atoms with E-state index < -0.39 is 0 Å². The van der Waals surface area contributed by atoms with Crippen LogP contribution >= 0.6 is 0 Å². The van der Waals surface area contributed by atoms with Crippen molar-refractivity contribution in [1.82, 2.24) is 5.32 Å². The van der Waals surface area contributed by atoms with Crippen LogP contribution in [0.2, 0.25) is 0 Å². The van der Waals surface area contributed by atoms with Crippen molar-refractivity contribution in [1.29, 1.82) is 0 Å². The molecule has 17 heavy (non-hydrogen) atoms. The number of nitrogens with one attached hydrogen (secondary N) is 1. The normalized spacial score (nSPS) is 12.9. The summed E-state index contributed by atoms with van der Waals surface area (Å²) in [7, 11) is 3.71. The molecule has 4 nitrogen and oxygen atoms in total. The lowest BCUT2D eigenvalue weighted by Gasteiger charge is -2.14. The zero-order valence-corrected chi connectivity index (χ0v) is 11.7. The summed E-state index contributed by atoms with van der Waals surface area (Å²) in [6.45, 7) is 5.70. The molecule has 0 aliphatic heterocycles. The largest absolute Gasteiger partial charge is 0.382 e. The standard InChI is InChI=1S/C13H29NO3/c1-4-6-13(14-2)7-5-8-16-11-12-17-10-9-15-3/h13-14H,4-12H2,1-3H3. The molecule has 0 aliphatic rings. The molecule has 1 N–H and O–H groups in total. The maximum Gasteiger partial charge on any atom is 0.0701 e. The maximum absolute atomic E-state index is 5.49. The average Bonchev–Trinajstić information content (AvgIpc) is 2.35. The molecule has 0 radical (unpaired) electrons. The Morgan fingerprint density at radius 1 is 0.941 bits per heavy atom. The van der Waals surface area contributed by atoms with Crippen molar-refractivity contribution in [3.8, 4) is 0 Å². The molecule has 0 saturated carbocycles. The molecule has 0 bridgehead atoms. The first-order valence-electron chi connectivity index (χ1n) is 6.66. The van der Waals surface area contributed by atoms with Gasteiger partial charge in [-0.15, -0.1) is 0 Å². The quantitative estimate of drug-likeness (QED) is 0.504. The van der Waals surface area contributed by atoms with Crippen molar-refractivity contribution in [3.05, 3.63) is 0 Å². The first-order valence-corrected chi connectivity index (χ1v) is 6.66. The smallest absolute Gasteiger partial charge is 0.0701 e. The number of ether oxygens (including phenoxy) is 3. The summed E-state index contributed by atoms with van der Waals surface area (Å²) in [5.74, 6) is 0. The van der Waals surface area contributed by atoms with E-state index in [1.807, 2.05) is 7.05 Å². The van der Waals surface area contributed by atoms with Crippen LogP contribution in [0, 0.1) is 0 Å². The predicted octanol–water partition coefficient (Wildman–Crippen LogP) is 1.83. The molecular weight excluding hydrogens is 218 g/mol. The van der Waals surface area contributed by atoms with Crippen LogP contribution in [-0.4, -0.2) is 53.2 Å². The van der Waals surface area contributed by atoms with E-state index >= 15 is 0 Å². The van der Waals surface area contributed by atoms with Crippen molar-refractivity contribution >= 4 is 0 Å². The Morgan fingerprint density at radius 2 is 1.59 bits per heavy atom. The lowest BCUT2D eigenvalue weighted by atomic mass is 10.1. The molecule has 0 amide bonds. The van der Waals surface area contributed by atoms with E-state index in [1.54, 1.807) is 7.11 Å². The Labute approximate surface area is 106 Å². The van der Waals surface area contributed by atoms with Crippen molar-refractivity contribution in [3.63, 3.8) is 0 Å². The van der Waals surface area contributed by atoms with Gasteiger partial charge in [-0.1, -0.05) is 13.3 Å². The van der Waals surface area contributed by atoms with Gasteiger partial charge in [0.05, 0.1) is 26.4 Å². The fraction of sp³-hybridized carbons (Fsp3) is 1.00. The summed E-state index contributed by atoms with van der Waals surface area (Å²) < 4.78 is 15.7. The van der Waals surface area contributed by atoms with E-state index in [9.17, 15) is 0 Å². The Balaban J connectivity index is 3.11. The highest BCUT2D eigenvalue weighted by atomic mass is 16.5. The van der Waals surface area contributed by atoms with E-state index in [-0.39, 0.29) is 0 Å². The average molecular weight is 247 g/mol. The summed E-state index contributed by atoms with van der Waals surface area (Å²) >= 11 is 0. The van der Waals surface area contributed by atoms with E-state index in [1.165, 1.54) is 19.3 Å².